The van der Waals surface area contributed by atoms with E-state index in [0.717, 1.165) is 19.4 Å². The average molecular weight is 525 g/mol. The minimum absolute atomic E-state index is 0.0739. The van der Waals surface area contributed by atoms with Gasteiger partial charge in [0.2, 0.25) is 0 Å². The van der Waals surface area contributed by atoms with Gasteiger partial charge in [0.25, 0.3) is 11.5 Å². The Kier molecular flexibility index (Phi) is 9.58. The first kappa shape index (κ1) is 28.3. The number of nitrogens with one attached hydrogen (secondary N) is 1. The van der Waals surface area contributed by atoms with E-state index in [1.54, 1.807) is 10.6 Å². The first-order chi connectivity index (χ1) is 18.3. The number of aromatic nitrogens is 2. The molecule has 1 aromatic carbocycles. The lowest BCUT2D eigenvalue weighted by atomic mass is 9.94. The van der Waals surface area contributed by atoms with Crippen LogP contribution in [0, 0.1) is 5.92 Å². The Bertz CT molecular complexity index is 1170. The Morgan fingerprint density at radius 2 is 1.71 bits per heavy atom. The molecule has 1 aliphatic heterocycles. The van der Waals surface area contributed by atoms with Crippen LogP contribution < -0.4 is 10.9 Å². The van der Waals surface area contributed by atoms with Gasteiger partial charge in [-0.3, -0.25) is 14.5 Å². The summed E-state index contributed by atoms with van der Waals surface area (Å²) in [5.41, 5.74) is 0.559. The molecule has 0 bridgehead atoms. The first-order valence-corrected chi connectivity index (χ1v) is 14.6. The second-order valence-electron chi connectivity index (χ2n) is 11.7. The molecule has 2 aliphatic rings. The van der Waals surface area contributed by atoms with E-state index in [1.165, 1.54) is 51.4 Å². The average Bonchev–Trinajstić information content (AvgIpc) is 3.30. The van der Waals surface area contributed by atoms with E-state index < -0.39 is 23.5 Å². The fourth-order valence-corrected chi connectivity index (χ4v) is 6.52. The predicted octanol–water partition coefficient (Wildman–Crippen LogP) is 5.15. The maximum Gasteiger partial charge on any atom is 0.326 e. The molecule has 2 fully saturated rings. The van der Waals surface area contributed by atoms with Crippen LogP contribution in [0.25, 0.3) is 11.0 Å². The Labute approximate surface area is 225 Å². The zero-order chi connectivity index (χ0) is 27.2. The number of fused-ring (bicyclic) bond motifs is 1. The van der Waals surface area contributed by atoms with E-state index in [-0.39, 0.29) is 24.1 Å². The second-order valence-corrected chi connectivity index (χ2v) is 11.7. The molecule has 1 aromatic heterocycles. The highest BCUT2D eigenvalue weighted by molar-refractivity contribution is 5.96. The number of carbonyl (C=O) groups is 2. The maximum absolute atomic E-state index is 13.8. The normalized spacial score (nSPS) is 21.2. The summed E-state index contributed by atoms with van der Waals surface area (Å²) in [4.78, 5) is 45.8. The van der Waals surface area contributed by atoms with Crippen molar-refractivity contribution in [3.8, 4) is 0 Å². The van der Waals surface area contributed by atoms with Gasteiger partial charge in [-0.05, 0) is 70.0 Å². The molecule has 208 valence electrons. The number of carbonyl (C=O) groups excluding carboxylic acids is 1. The Morgan fingerprint density at radius 3 is 2.39 bits per heavy atom. The fraction of sp³-hybridized carbons (Fsp3) is 0.667. The van der Waals surface area contributed by atoms with Gasteiger partial charge in [-0.15, -0.1) is 0 Å². The standard InChI is InChI=1S/C30H44N4O4/c1-20(2)18-25(30(37)38)32-28(35)27-29(36)34(26-16-10-9-15-24(26)31-27)21(3)19-23-14-11-17-33(23)22-12-7-5-4-6-8-13-22/h9-10,15-16,20-23,25H,4-8,11-14,17-19H2,1-3H3,(H,32,35)(H,37,38)/t21-,23-,25?/m1/s1. The highest BCUT2D eigenvalue weighted by atomic mass is 16.4. The number of amides is 1. The van der Waals surface area contributed by atoms with Crippen molar-refractivity contribution in [2.75, 3.05) is 6.54 Å². The van der Waals surface area contributed by atoms with E-state index in [2.05, 4.69) is 22.1 Å². The number of benzene rings is 1. The molecule has 1 saturated heterocycles. The van der Waals surface area contributed by atoms with Crippen LogP contribution in [0.3, 0.4) is 0 Å². The van der Waals surface area contributed by atoms with Crippen LogP contribution in [0.1, 0.15) is 108 Å². The molecule has 1 saturated carbocycles. The molecule has 8 nitrogen and oxygen atoms in total. The van der Waals surface area contributed by atoms with Crippen LogP contribution in [-0.2, 0) is 4.79 Å². The third-order valence-corrected chi connectivity index (χ3v) is 8.34. The summed E-state index contributed by atoms with van der Waals surface area (Å²) in [5, 5.41) is 12.2. The smallest absolute Gasteiger partial charge is 0.326 e. The Morgan fingerprint density at radius 1 is 1.03 bits per heavy atom. The van der Waals surface area contributed by atoms with Crippen LogP contribution in [-0.4, -0.2) is 56.1 Å². The lowest BCUT2D eigenvalue weighted by Gasteiger charge is -2.36. The number of hydrogen-bond donors (Lipinski definition) is 2. The van der Waals surface area contributed by atoms with Crippen LogP contribution in [0.4, 0.5) is 0 Å². The number of carboxylic acid groups (broad SMARTS) is 1. The summed E-state index contributed by atoms with van der Waals surface area (Å²) < 4.78 is 1.71. The largest absolute Gasteiger partial charge is 0.480 e. The van der Waals surface area contributed by atoms with Gasteiger partial charge in [-0.1, -0.05) is 58.1 Å². The van der Waals surface area contributed by atoms with Crippen molar-refractivity contribution in [1.29, 1.82) is 0 Å². The molecule has 8 heteroatoms. The number of aliphatic carboxylic acids is 1. The minimum Gasteiger partial charge on any atom is -0.480 e. The monoisotopic (exact) mass is 524 g/mol. The molecule has 38 heavy (non-hydrogen) atoms. The molecule has 1 unspecified atom stereocenters. The van der Waals surface area contributed by atoms with Crippen molar-refractivity contribution < 1.29 is 14.7 Å². The first-order valence-electron chi connectivity index (χ1n) is 14.6. The fourth-order valence-electron chi connectivity index (χ4n) is 6.52. The van der Waals surface area contributed by atoms with Gasteiger partial charge in [0.1, 0.15) is 6.04 Å². The van der Waals surface area contributed by atoms with Gasteiger partial charge in [-0.25, -0.2) is 9.78 Å². The van der Waals surface area contributed by atoms with E-state index in [9.17, 15) is 19.5 Å². The Balaban J connectivity index is 1.61. The van der Waals surface area contributed by atoms with Crippen molar-refractivity contribution in [3.05, 3.63) is 40.3 Å². The van der Waals surface area contributed by atoms with Crippen LogP contribution >= 0.6 is 0 Å². The summed E-state index contributed by atoms with van der Waals surface area (Å²) >= 11 is 0. The van der Waals surface area contributed by atoms with Crippen LogP contribution in [0.2, 0.25) is 0 Å². The quantitative estimate of drug-likeness (QED) is 0.470. The molecule has 0 spiro atoms. The second kappa shape index (κ2) is 12.9. The molecule has 1 amide bonds. The van der Waals surface area contributed by atoms with Crippen LogP contribution in [0.15, 0.2) is 29.1 Å². The van der Waals surface area contributed by atoms with Gasteiger partial charge >= 0.3 is 5.97 Å². The number of likely N-dealkylation sites (tertiary alicyclic amines) is 1. The number of rotatable bonds is 9. The van der Waals surface area contributed by atoms with Gasteiger partial charge < -0.3 is 15.0 Å². The number of hydrogen-bond acceptors (Lipinski definition) is 5. The van der Waals surface area contributed by atoms with Crippen molar-refractivity contribution in [3.63, 3.8) is 0 Å². The van der Waals surface area contributed by atoms with Crippen LogP contribution in [0.5, 0.6) is 0 Å². The van der Waals surface area contributed by atoms with Crippen molar-refractivity contribution in [1.82, 2.24) is 19.8 Å². The van der Waals surface area contributed by atoms with E-state index in [1.807, 2.05) is 32.0 Å². The molecular weight excluding hydrogens is 480 g/mol. The predicted molar refractivity (Wildman–Crippen MR) is 150 cm³/mol. The summed E-state index contributed by atoms with van der Waals surface area (Å²) in [7, 11) is 0. The molecule has 4 rings (SSSR count). The maximum atomic E-state index is 13.8. The summed E-state index contributed by atoms with van der Waals surface area (Å²) in [5.74, 6) is -1.77. The van der Waals surface area contributed by atoms with Gasteiger partial charge in [-0.2, -0.15) is 0 Å². The molecule has 3 atom stereocenters. The van der Waals surface area contributed by atoms with Crippen molar-refractivity contribution in [2.24, 2.45) is 5.92 Å². The van der Waals surface area contributed by atoms with Gasteiger partial charge in [0.05, 0.1) is 11.0 Å². The third-order valence-electron chi connectivity index (χ3n) is 8.34. The summed E-state index contributed by atoms with van der Waals surface area (Å²) in [6.45, 7) is 6.97. The SMILES string of the molecule is CC(C)CC(NC(=O)c1nc2ccccc2n([C@H](C)C[C@H]2CCCN2C2CCCCCCC2)c1=O)C(=O)O. The molecule has 2 aromatic rings. The summed E-state index contributed by atoms with van der Waals surface area (Å²) in [6, 6.07) is 7.22. The van der Waals surface area contributed by atoms with E-state index in [4.69, 9.17) is 0 Å². The molecule has 1 aliphatic carbocycles. The molecule has 2 heterocycles. The topological polar surface area (TPSA) is 105 Å². The highest BCUT2D eigenvalue weighted by Gasteiger charge is 2.33. The van der Waals surface area contributed by atoms with Crippen molar-refractivity contribution in [2.45, 2.75) is 116 Å². The summed E-state index contributed by atoms with van der Waals surface area (Å²) in [6.07, 6.45) is 12.5. The lowest BCUT2D eigenvalue weighted by molar-refractivity contribution is -0.139. The van der Waals surface area contributed by atoms with Gasteiger partial charge in [0, 0.05) is 18.1 Å². The number of nitrogens with zero attached hydrogens (tertiary/aromatic N) is 3. The minimum atomic E-state index is -1.11. The van der Waals surface area contributed by atoms with E-state index >= 15 is 0 Å². The zero-order valence-corrected chi connectivity index (χ0v) is 23.2. The zero-order valence-electron chi connectivity index (χ0n) is 23.2. The Hall–Kier alpha value is -2.74. The van der Waals surface area contributed by atoms with Gasteiger partial charge in [0.15, 0.2) is 5.69 Å². The third kappa shape index (κ3) is 6.63. The number of carboxylic acids is 1. The van der Waals surface area contributed by atoms with E-state index in [0.29, 0.717) is 23.1 Å². The molecule has 2 N–H and O–H groups in total. The molecule has 0 radical (unpaired) electrons. The van der Waals surface area contributed by atoms with Crippen molar-refractivity contribution >= 4 is 22.9 Å². The highest BCUT2D eigenvalue weighted by Crippen LogP contribution is 2.32. The lowest BCUT2D eigenvalue weighted by Crippen LogP contribution is -2.45. The number of para-hydroxylation sites is 2. The molecular formula is C30H44N4O4.